The Morgan fingerprint density at radius 3 is 2.64 bits per heavy atom. The van der Waals surface area contributed by atoms with Gasteiger partial charge in [-0.3, -0.25) is 4.79 Å². The zero-order valence-corrected chi connectivity index (χ0v) is 19.8. The highest BCUT2D eigenvalue weighted by Gasteiger charge is 2.76. The lowest BCUT2D eigenvalue weighted by Crippen LogP contribution is -2.69. The van der Waals surface area contributed by atoms with Crippen LogP contribution in [0.5, 0.6) is 0 Å². The van der Waals surface area contributed by atoms with E-state index in [1.165, 1.54) is 12.2 Å². The van der Waals surface area contributed by atoms with Crippen LogP contribution in [0, 0.1) is 22.7 Å². The van der Waals surface area contributed by atoms with E-state index in [4.69, 9.17) is 25.8 Å². The van der Waals surface area contributed by atoms with Crippen molar-refractivity contribution in [3.63, 3.8) is 0 Å². The van der Waals surface area contributed by atoms with Gasteiger partial charge < -0.3 is 19.3 Å². The first kappa shape index (κ1) is 24.2. The van der Waals surface area contributed by atoms with Gasteiger partial charge in [-0.1, -0.05) is 30.2 Å². The van der Waals surface area contributed by atoms with Crippen molar-refractivity contribution in [2.45, 2.75) is 70.2 Å². The van der Waals surface area contributed by atoms with Crippen LogP contribution < -0.4 is 0 Å². The lowest BCUT2D eigenvalue weighted by atomic mass is 9.45. The van der Waals surface area contributed by atoms with Crippen molar-refractivity contribution < 1.29 is 38.1 Å². The van der Waals surface area contributed by atoms with Crippen LogP contribution in [0.25, 0.3) is 0 Å². The third-order valence-corrected chi connectivity index (χ3v) is 8.91. The first-order valence-corrected chi connectivity index (χ1v) is 11.9. The molecule has 0 aliphatic heterocycles. The SMILES string of the molecule is CCOC(=O)O[C@]1(C(=O)OCCl)CC[C@H]2[C@@H]3CCC4=CC(=O)C=C[C@]4(C)[C@@]3(F)[C@@H](O)C[C@@]21C. The monoisotopic (exact) mass is 484 g/mol. The van der Waals surface area contributed by atoms with Crippen LogP contribution in [0.4, 0.5) is 9.18 Å². The van der Waals surface area contributed by atoms with Crippen LogP contribution in [-0.4, -0.2) is 53.1 Å². The average Bonchev–Trinajstić information content (AvgIpc) is 3.03. The van der Waals surface area contributed by atoms with Gasteiger partial charge in [0, 0.05) is 16.7 Å². The lowest BCUT2D eigenvalue weighted by Gasteiger charge is -2.62. The topological polar surface area (TPSA) is 99.1 Å². The summed E-state index contributed by atoms with van der Waals surface area (Å²) < 4.78 is 32.8. The number of alkyl halides is 2. The Balaban J connectivity index is 1.78. The molecule has 0 unspecified atom stereocenters. The van der Waals surface area contributed by atoms with Crippen LogP contribution in [0.1, 0.15) is 52.9 Å². The van der Waals surface area contributed by atoms with E-state index < -0.39 is 52.3 Å². The number of carbonyl (C=O) groups excluding carboxylic acids is 3. The minimum atomic E-state index is -2.05. The van der Waals surface area contributed by atoms with Gasteiger partial charge in [0.25, 0.3) is 0 Å². The van der Waals surface area contributed by atoms with Gasteiger partial charge in [0.05, 0.1) is 12.7 Å². The summed E-state index contributed by atoms with van der Waals surface area (Å²) in [6.07, 6.45) is 3.18. The minimum absolute atomic E-state index is 0.0526. The molecule has 1 N–H and O–H groups in total. The van der Waals surface area contributed by atoms with Gasteiger partial charge in [0.1, 0.15) is 0 Å². The van der Waals surface area contributed by atoms with E-state index in [0.29, 0.717) is 24.8 Å². The number of rotatable bonds is 4. The molecule has 4 aliphatic carbocycles. The molecule has 0 aromatic heterocycles. The molecule has 7 nitrogen and oxygen atoms in total. The number of carbonyl (C=O) groups is 3. The molecule has 33 heavy (non-hydrogen) atoms. The number of hydrogen-bond donors (Lipinski definition) is 1. The summed E-state index contributed by atoms with van der Waals surface area (Å²) in [4.78, 5) is 37.5. The highest BCUT2D eigenvalue weighted by atomic mass is 35.5. The standard InChI is InChI=1S/C24H30ClFO7/c1-4-31-20(30)33-23(19(29)32-13-25)10-8-16-17-6-5-14-11-15(27)7-9-21(14,2)24(17,26)18(28)12-22(16,23)3/h7,9,11,16-18,28H,4-6,8,10,12-13H2,1-3H3/t16-,17-,18-,21-,22-,23-,24-/m0/s1. The number of aliphatic hydroxyl groups excluding tert-OH is 1. The zero-order valence-electron chi connectivity index (χ0n) is 19.1. The number of ketones is 1. The Hall–Kier alpha value is -1.93. The molecule has 0 saturated heterocycles. The van der Waals surface area contributed by atoms with Crippen LogP contribution in [0.2, 0.25) is 0 Å². The molecule has 9 heteroatoms. The molecular formula is C24H30ClFO7. The Bertz CT molecular complexity index is 934. The second kappa shape index (κ2) is 8.08. The molecule has 182 valence electrons. The molecule has 0 aromatic rings. The lowest BCUT2D eigenvalue weighted by molar-refractivity contribution is -0.226. The maximum Gasteiger partial charge on any atom is 0.509 e. The third kappa shape index (κ3) is 3.13. The molecule has 0 amide bonds. The van der Waals surface area contributed by atoms with E-state index in [9.17, 15) is 19.5 Å². The molecule has 0 radical (unpaired) electrons. The summed E-state index contributed by atoms with van der Waals surface area (Å²) in [6.45, 7) is 5.13. The molecule has 0 bridgehead atoms. The zero-order chi connectivity index (χ0) is 24.2. The number of esters is 1. The van der Waals surface area contributed by atoms with E-state index in [1.54, 1.807) is 26.8 Å². The van der Waals surface area contributed by atoms with Crippen molar-refractivity contribution in [3.05, 3.63) is 23.8 Å². The van der Waals surface area contributed by atoms with Crippen molar-refractivity contribution in [1.29, 1.82) is 0 Å². The predicted octanol–water partition coefficient (Wildman–Crippen LogP) is 4.01. The van der Waals surface area contributed by atoms with Crippen molar-refractivity contribution in [3.8, 4) is 0 Å². The summed E-state index contributed by atoms with van der Waals surface area (Å²) in [6, 6.07) is -0.433. The largest absolute Gasteiger partial charge is 0.509 e. The maximum atomic E-state index is 17.1. The Morgan fingerprint density at radius 1 is 1.24 bits per heavy atom. The first-order chi connectivity index (χ1) is 15.5. The summed E-state index contributed by atoms with van der Waals surface area (Å²) in [5.41, 5.74) is -5.38. The molecule has 3 saturated carbocycles. The molecule has 3 fully saturated rings. The number of ether oxygens (including phenoxy) is 3. The third-order valence-electron chi connectivity index (χ3n) is 8.80. The second-order valence-electron chi connectivity index (χ2n) is 9.96. The minimum Gasteiger partial charge on any atom is -0.446 e. The van der Waals surface area contributed by atoms with Gasteiger partial charge in [0.2, 0.25) is 5.60 Å². The quantitative estimate of drug-likeness (QED) is 0.475. The fourth-order valence-electron chi connectivity index (χ4n) is 7.20. The number of hydrogen-bond acceptors (Lipinski definition) is 7. The Kier molecular flexibility index (Phi) is 5.93. The van der Waals surface area contributed by atoms with E-state index in [1.807, 2.05) is 0 Å². The first-order valence-electron chi connectivity index (χ1n) is 11.4. The second-order valence-corrected chi connectivity index (χ2v) is 10.2. The predicted molar refractivity (Wildman–Crippen MR) is 116 cm³/mol. The number of allylic oxidation sites excluding steroid dienone is 4. The van der Waals surface area contributed by atoms with Crippen molar-refractivity contribution in [1.82, 2.24) is 0 Å². The van der Waals surface area contributed by atoms with E-state index >= 15 is 4.39 Å². The van der Waals surface area contributed by atoms with Crippen LogP contribution in [0.3, 0.4) is 0 Å². The summed E-state index contributed by atoms with van der Waals surface area (Å²) in [5, 5.41) is 11.4. The van der Waals surface area contributed by atoms with Gasteiger partial charge in [-0.15, -0.1) is 0 Å². The molecule has 4 aliphatic rings. The summed E-state index contributed by atoms with van der Waals surface area (Å²) >= 11 is 5.66. The average molecular weight is 485 g/mol. The van der Waals surface area contributed by atoms with Crippen molar-refractivity contribution in [2.24, 2.45) is 22.7 Å². The molecule has 0 aromatic carbocycles. The summed E-state index contributed by atoms with van der Waals surface area (Å²) in [7, 11) is 0. The molecule has 4 rings (SSSR count). The van der Waals surface area contributed by atoms with Crippen LogP contribution in [-0.2, 0) is 23.8 Å². The Morgan fingerprint density at radius 2 is 1.97 bits per heavy atom. The van der Waals surface area contributed by atoms with E-state index in [0.717, 1.165) is 0 Å². The maximum absolute atomic E-state index is 17.1. The van der Waals surface area contributed by atoms with Gasteiger partial charge in [-0.2, -0.15) is 0 Å². The normalized spacial score (nSPS) is 43.6. The fraction of sp³-hybridized carbons (Fsp3) is 0.708. The molecule has 0 spiro atoms. The number of aliphatic hydroxyl groups is 1. The Labute approximate surface area is 197 Å². The molecular weight excluding hydrogens is 455 g/mol. The highest BCUT2D eigenvalue weighted by Crippen LogP contribution is 2.70. The van der Waals surface area contributed by atoms with Gasteiger partial charge in [-0.25, -0.2) is 14.0 Å². The van der Waals surface area contributed by atoms with E-state index in [2.05, 4.69) is 0 Å². The van der Waals surface area contributed by atoms with Crippen LogP contribution in [0.15, 0.2) is 23.8 Å². The van der Waals surface area contributed by atoms with Crippen molar-refractivity contribution in [2.75, 3.05) is 12.7 Å². The molecule has 0 heterocycles. The fourth-order valence-corrected chi connectivity index (χ4v) is 7.30. The molecule has 7 atom stereocenters. The van der Waals surface area contributed by atoms with Crippen molar-refractivity contribution >= 4 is 29.5 Å². The van der Waals surface area contributed by atoms with Crippen LogP contribution >= 0.6 is 11.6 Å². The van der Waals surface area contributed by atoms with Gasteiger partial charge in [0.15, 0.2) is 17.5 Å². The highest BCUT2D eigenvalue weighted by molar-refractivity contribution is 6.17. The summed E-state index contributed by atoms with van der Waals surface area (Å²) in [5.74, 6) is -2.01. The van der Waals surface area contributed by atoms with E-state index in [-0.39, 0.29) is 31.1 Å². The number of halogens is 2. The smallest absolute Gasteiger partial charge is 0.446 e. The van der Waals surface area contributed by atoms with Gasteiger partial charge >= 0.3 is 12.1 Å². The van der Waals surface area contributed by atoms with Gasteiger partial charge in [-0.05, 0) is 64.0 Å². The number of fused-ring (bicyclic) bond motifs is 5.